The highest BCUT2D eigenvalue weighted by molar-refractivity contribution is 7.99. The van der Waals surface area contributed by atoms with Crippen molar-refractivity contribution in [1.82, 2.24) is 39.9 Å². The number of unbranched alkanes of at least 4 members (excludes halogenated alkanes) is 2. The van der Waals surface area contributed by atoms with Crippen molar-refractivity contribution >= 4 is 83.9 Å². The van der Waals surface area contributed by atoms with Gasteiger partial charge in [0.05, 0.1) is 32.7 Å². The third-order valence-corrected chi connectivity index (χ3v) is 27.5. The molecule has 19 nitrogen and oxygen atoms in total. The number of nitrogens with one attached hydrogen (secondary N) is 4. The SMILES string of the molecule is CCC12CC(C3=C(CN4CCN(c5ccc(C(=O)NS(=O)(=O)c6ccc(N[C@H](CCN7CCN(C(=O)CCCCCC(=O)NC(C(=O)N8CCC[C@H]8C(=O)N[C@@H](C)c8ccc(-c9scnc9C)cc8)C(C)(C)C)CC7)CSc7ccccc7)c(S(=O)(=O)C(F)(F)F)c6)cc5)CC4)CCC(C)(C)C3)(C1)C2. The largest absolute Gasteiger partial charge is 0.501 e. The van der Waals surface area contributed by atoms with Gasteiger partial charge in [-0.3, -0.25) is 33.8 Å². The van der Waals surface area contributed by atoms with Crippen LogP contribution in [0.15, 0.2) is 128 Å². The standard InChI is InChI=1S/C78H103F3N10O9S4/c1-9-76-49-77(50-76,51-76)63-46-75(7,8)34-32-58(63)47-88-39-41-89(42-40-88)60-28-26-57(27-29-60)71(94)86-104(99,100)62-30-31-64(66(45-62)103(97,98)78(79,80)81)84-59(48-101-61-17-12-10-13-18-61)33-36-87-37-43-90(44-38-87)68(93)21-15-11-14-20-67(92)85-70(74(4,5)6)73(96)91-35-16-19-65(91)72(95)83-53(2)55-22-24-56(25-23-55)69-54(3)82-52-102-69/h10,12-13,17-18,22-31,45,52-53,59,65,70,84H,9,11,14-16,19-21,32-44,46-51H2,1-8H3,(H,83,95)(H,85,92)(H,86,94)/t53-,59+,65-,70?,76?,77?/m0/s1. The first kappa shape index (κ1) is 78.2. The fourth-order valence-electron chi connectivity index (χ4n) is 16.2. The van der Waals surface area contributed by atoms with Crippen LogP contribution in [0.1, 0.15) is 172 Å². The smallest absolute Gasteiger partial charge is 0.380 e. The molecule has 0 spiro atoms. The molecule has 4 aliphatic carbocycles. The van der Waals surface area contributed by atoms with E-state index in [-0.39, 0.29) is 53.8 Å². The molecule has 564 valence electrons. The molecule has 12 rings (SSSR count). The number of halogens is 3. The fourth-order valence-corrected chi connectivity index (χ4v) is 20.1. The van der Waals surface area contributed by atoms with Crippen molar-refractivity contribution in [2.75, 3.05) is 88.0 Å². The van der Waals surface area contributed by atoms with Crippen LogP contribution in [0.5, 0.6) is 0 Å². The zero-order valence-electron chi connectivity index (χ0n) is 61.3. The molecule has 26 heteroatoms. The maximum Gasteiger partial charge on any atom is 0.501 e. The summed E-state index contributed by atoms with van der Waals surface area (Å²) in [6, 6.07) is 23.7. The van der Waals surface area contributed by atoms with Gasteiger partial charge in [-0.2, -0.15) is 13.2 Å². The number of alkyl halides is 3. The molecule has 2 bridgehead atoms. The first-order valence-corrected chi connectivity index (χ1v) is 41.7. The van der Waals surface area contributed by atoms with Crippen LogP contribution < -0.4 is 25.6 Å². The maximum absolute atomic E-state index is 14.6. The van der Waals surface area contributed by atoms with Gasteiger partial charge in [-0.05, 0) is 172 Å². The number of thiazole rings is 1. The van der Waals surface area contributed by atoms with E-state index in [1.54, 1.807) is 44.4 Å². The molecule has 4 heterocycles. The highest BCUT2D eigenvalue weighted by Gasteiger charge is 2.68. The van der Waals surface area contributed by atoms with Gasteiger partial charge >= 0.3 is 5.51 Å². The van der Waals surface area contributed by atoms with E-state index in [9.17, 15) is 54.0 Å². The van der Waals surface area contributed by atoms with Crippen LogP contribution in [0.4, 0.5) is 24.5 Å². The van der Waals surface area contributed by atoms with E-state index in [4.69, 9.17) is 0 Å². The van der Waals surface area contributed by atoms with Crippen molar-refractivity contribution in [2.24, 2.45) is 21.7 Å². The quantitative estimate of drug-likeness (QED) is 0.0198. The number of carbonyl (C=O) groups excluding carboxylic acids is 5. The van der Waals surface area contributed by atoms with Crippen LogP contribution >= 0.6 is 23.1 Å². The van der Waals surface area contributed by atoms with Gasteiger partial charge in [0.1, 0.15) is 17.0 Å². The minimum absolute atomic E-state index is 0.0129. The van der Waals surface area contributed by atoms with E-state index in [0.29, 0.717) is 100 Å². The molecular weight excluding hydrogens is 1410 g/mol. The van der Waals surface area contributed by atoms with Crippen molar-refractivity contribution < 1.29 is 54.0 Å². The van der Waals surface area contributed by atoms with Gasteiger partial charge in [0.25, 0.3) is 25.8 Å². The van der Waals surface area contributed by atoms with Gasteiger partial charge in [-0.1, -0.05) is 108 Å². The van der Waals surface area contributed by atoms with Gasteiger partial charge < -0.3 is 30.7 Å². The van der Waals surface area contributed by atoms with Crippen LogP contribution in [-0.2, 0) is 39.0 Å². The summed E-state index contributed by atoms with van der Waals surface area (Å²) in [5.74, 6) is -1.63. The third-order valence-electron chi connectivity index (χ3n) is 22.5. The van der Waals surface area contributed by atoms with E-state index in [1.165, 1.54) is 62.4 Å². The molecule has 5 amide bonds. The number of aromatic nitrogens is 1. The first-order chi connectivity index (χ1) is 49.2. The molecule has 5 aromatic rings. The first-order valence-electron chi connectivity index (χ1n) is 36.9. The number of piperazine rings is 2. The maximum atomic E-state index is 14.6. The van der Waals surface area contributed by atoms with E-state index < -0.39 is 70.3 Å². The lowest BCUT2D eigenvalue weighted by Gasteiger charge is -2.73. The zero-order valence-corrected chi connectivity index (χ0v) is 64.6. The summed E-state index contributed by atoms with van der Waals surface area (Å²) in [5.41, 5.74) is 3.38. The minimum Gasteiger partial charge on any atom is -0.380 e. The number of likely N-dealkylation sites (tertiary alicyclic amines) is 1. The van der Waals surface area contributed by atoms with Crippen LogP contribution in [0.2, 0.25) is 0 Å². The van der Waals surface area contributed by atoms with Crippen LogP contribution in [0.3, 0.4) is 0 Å². The number of amides is 5. The van der Waals surface area contributed by atoms with E-state index in [2.05, 4.69) is 56.4 Å². The van der Waals surface area contributed by atoms with Crippen molar-refractivity contribution in [3.8, 4) is 10.4 Å². The Labute approximate surface area is 620 Å². The summed E-state index contributed by atoms with van der Waals surface area (Å²) in [7, 11) is -11.1. The van der Waals surface area contributed by atoms with Crippen molar-refractivity contribution in [3.63, 3.8) is 0 Å². The second-order valence-electron chi connectivity index (χ2n) is 31.7. The number of sulfone groups is 1. The van der Waals surface area contributed by atoms with Crippen LogP contribution in [0, 0.1) is 28.6 Å². The summed E-state index contributed by atoms with van der Waals surface area (Å²) >= 11 is 2.98. The Morgan fingerprint density at radius 2 is 1.46 bits per heavy atom. The molecule has 1 unspecified atom stereocenters. The number of allylic oxidation sites excluding steroid dienone is 1. The zero-order chi connectivity index (χ0) is 74.6. The van der Waals surface area contributed by atoms with Crippen molar-refractivity contribution in [1.29, 1.82) is 0 Å². The van der Waals surface area contributed by atoms with Gasteiger partial charge in [0, 0.05) is 113 Å². The van der Waals surface area contributed by atoms with E-state index in [0.717, 1.165) is 83.6 Å². The predicted molar refractivity (Wildman–Crippen MR) is 403 cm³/mol. The summed E-state index contributed by atoms with van der Waals surface area (Å²) < 4.78 is 100. The number of carbonyl (C=O) groups is 5. The van der Waals surface area contributed by atoms with Gasteiger partial charge in [0.2, 0.25) is 23.6 Å². The number of sulfonamides is 1. The van der Waals surface area contributed by atoms with E-state index in [1.807, 2.05) is 99.4 Å². The monoisotopic (exact) mass is 1510 g/mol. The van der Waals surface area contributed by atoms with Gasteiger partial charge in [-0.15, -0.1) is 23.1 Å². The average molecular weight is 1510 g/mol. The minimum atomic E-state index is -6.17. The molecule has 7 aliphatic rings. The Morgan fingerprint density at radius 1 is 0.788 bits per heavy atom. The molecule has 1 aromatic heterocycles. The number of aryl methyl sites for hydroxylation is 1. The van der Waals surface area contributed by atoms with Crippen molar-refractivity contribution in [2.45, 2.75) is 196 Å². The molecule has 3 saturated carbocycles. The third kappa shape index (κ3) is 18.4. The van der Waals surface area contributed by atoms with Crippen LogP contribution in [0.25, 0.3) is 10.4 Å². The fraction of sp³-hybridized carbons (Fsp3) is 0.564. The number of benzene rings is 4. The second kappa shape index (κ2) is 32.3. The highest BCUT2D eigenvalue weighted by atomic mass is 32.2. The number of anilines is 2. The molecule has 6 fully saturated rings. The van der Waals surface area contributed by atoms with Gasteiger partial charge in [-0.25, -0.2) is 26.5 Å². The Morgan fingerprint density at radius 3 is 2.11 bits per heavy atom. The molecular formula is C78H103F3N10O9S4. The molecule has 4 aromatic carbocycles. The van der Waals surface area contributed by atoms with Crippen LogP contribution in [-0.4, -0.2) is 172 Å². The molecule has 104 heavy (non-hydrogen) atoms. The molecule has 3 saturated heterocycles. The Bertz CT molecular complexity index is 4150. The molecule has 4 N–H and O–H groups in total. The summed E-state index contributed by atoms with van der Waals surface area (Å²) in [6.07, 6.45) is 12.4. The summed E-state index contributed by atoms with van der Waals surface area (Å²) in [5, 5.41) is 9.13. The van der Waals surface area contributed by atoms with Gasteiger partial charge in [0.15, 0.2) is 0 Å². The number of rotatable bonds is 29. The topological polar surface area (TPSA) is 231 Å². The lowest BCUT2D eigenvalue weighted by molar-refractivity contribution is -0.182. The Hall–Kier alpha value is -6.84. The summed E-state index contributed by atoms with van der Waals surface area (Å²) in [6.45, 7) is 23.6. The lowest BCUT2D eigenvalue weighted by atomic mass is 9.31. The average Bonchev–Trinajstić information content (AvgIpc) is 0.697. The lowest BCUT2D eigenvalue weighted by Crippen LogP contribution is -2.63. The number of thioether (sulfide) groups is 1. The molecule has 0 radical (unpaired) electrons. The predicted octanol–water partition coefficient (Wildman–Crippen LogP) is 13.2. The highest BCUT2D eigenvalue weighted by Crippen LogP contribution is 2.79. The molecule has 3 aliphatic heterocycles. The van der Waals surface area contributed by atoms with Crippen molar-refractivity contribution in [3.05, 3.63) is 131 Å². The Balaban J connectivity index is 0.638. The second-order valence-corrected chi connectivity index (χ2v) is 37.2. The normalized spacial score (nSPS) is 21.9. The summed E-state index contributed by atoms with van der Waals surface area (Å²) in [4.78, 5) is 83.1. The number of hydrogen-bond acceptors (Lipinski definition) is 16. The van der Waals surface area contributed by atoms with E-state index >= 15 is 0 Å². The Kier molecular flexibility index (Phi) is 24.3. The number of nitrogens with zero attached hydrogens (tertiary/aromatic N) is 6. The number of hydrogen-bond donors (Lipinski definition) is 4. The molecule has 4 atom stereocenters.